The molecule has 0 radical (unpaired) electrons. The Morgan fingerprint density at radius 3 is 2.44 bits per heavy atom. The fraction of sp³-hybridized carbons (Fsp3) is 0.259. The Labute approximate surface area is 212 Å². The molecule has 0 bridgehead atoms. The largest absolute Gasteiger partial charge is 0.416 e. The molecule has 0 aliphatic carbocycles. The average molecular weight is 511 g/mol. The van der Waals surface area contributed by atoms with Gasteiger partial charge in [0.25, 0.3) is 5.91 Å². The molecule has 0 atom stereocenters. The fourth-order valence-electron chi connectivity index (χ4n) is 4.40. The lowest BCUT2D eigenvalue weighted by Crippen LogP contribution is -2.48. The Hall–Kier alpha value is -3.46. The summed E-state index contributed by atoms with van der Waals surface area (Å²) in [6, 6.07) is 18.9. The first-order chi connectivity index (χ1) is 17.4. The number of rotatable bonds is 5. The maximum atomic E-state index is 13.0. The van der Waals surface area contributed by atoms with Crippen molar-refractivity contribution >= 4 is 41.1 Å². The average Bonchev–Trinajstić information content (AvgIpc) is 2.91. The van der Waals surface area contributed by atoms with Gasteiger partial charge in [0.05, 0.1) is 16.1 Å². The van der Waals surface area contributed by atoms with Crippen molar-refractivity contribution < 1.29 is 18.0 Å². The van der Waals surface area contributed by atoms with Crippen LogP contribution in [0.2, 0.25) is 0 Å². The van der Waals surface area contributed by atoms with Crippen LogP contribution in [0, 0.1) is 0 Å². The first kappa shape index (κ1) is 24.2. The number of amides is 1. The highest BCUT2D eigenvalue weighted by molar-refractivity contribution is 8.00. The number of nitrogens with zero attached hydrogens (tertiary/aromatic N) is 3. The number of aliphatic imine (C=N–C) groups is 1. The summed E-state index contributed by atoms with van der Waals surface area (Å²) in [5.74, 6) is -0.0793. The van der Waals surface area contributed by atoms with E-state index in [4.69, 9.17) is 0 Å². The lowest BCUT2D eigenvalue weighted by molar-refractivity contribution is -0.137. The lowest BCUT2D eigenvalue weighted by Gasteiger charge is -2.36. The number of nitrogens with one attached hydrogen (secondary N) is 1. The smallest absolute Gasteiger partial charge is 0.368 e. The first-order valence-corrected chi connectivity index (χ1v) is 12.6. The first-order valence-electron chi connectivity index (χ1n) is 11.8. The van der Waals surface area contributed by atoms with Gasteiger partial charge in [-0.3, -0.25) is 9.79 Å². The summed E-state index contributed by atoms with van der Waals surface area (Å²) in [6.45, 7) is 1.86. The third-order valence-electron chi connectivity index (χ3n) is 6.36. The van der Waals surface area contributed by atoms with Crippen LogP contribution in [0.5, 0.6) is 0 Å². The number of carbonyl (C=O) groups excluding carboxylic acids is 1. The van der Waals surface area contributed by atoms with E-state index in [0.717, 1.165) is 35.2 Å². The zero-order valence-electron chi connectivity index (χ0n) is 19.5. The van der Waals surface area contributed by atoms with Gasteiger partial charge in [-0.25, -0.2) is 0 Å². The third-order valence-corrected chi connectivity index (χ3v) is 7.25. The minimum atomic E-state index is -4.37. The topological polar surface area (TPSA) is 47.9 Å². The van der Waals surface area contributed by atoms with Gasteiger partial charge in [0, 0.05) is 49.3 Å². The summed E-state index contributed by atoms with van der Waals surface area (Å²) < 4.78 is 42.4. The highest BCUT2D eigenvalue weighted by Crippen LogP contribution is 2.36. The van der Waals surface area contributed by atoms with Gasteiger partial charge >= 0.3 is 6.18 Å². The molecule has 0 spiro atoms. The highest BCUT2D eigenvalue weighted by Gasteiger charge is 2.31. The Morgan fingerprint density at radius 2 is 1.69 bits per heavy atom. The summed E-state index contributed by atoms with van der Waals surface area (Å²) in [4.78, 5) is 22.2. The second kappa shape index (κ2) is 10.3. The van der Waals surface area contributed by atoms with Crippen LogP contribution in [0.25, 0.3) is 0 Å². The van der Waals surface area contributed by atoms with Crippen molar-refractivity contribution in [2.75, 3.05) is 35.8 Å². The predicted molar refractivity (Wildman–Crippen MR) is 138 cm³/mol. The summed E-state index contributed by atoms with van der Waals surface area (Å²) in [5.41, 5.74) is 3.58. The maximum Gasteiger partial charge on any atom is 0.416 e. The van der Waals surface area contributed by atoms with Gasteiger partial charge < -0.3 is 14.5 Å². The monoisotopic (exact) mass is 510 g/mol. The molecule has 1 N–H and O–H groups in total. The molecule has 0 unspecified atom stereocenters. The van der Waals surface area contributed by atoms with Crippen LogP contribution in [-0.4, -0.2) is 43.2 Å². The number of aryl methyl sites for hydroxylation is 1. The van der Waals surface area contributed by atoms with Gasteiger partial charge in [-0.1, -0.05) is 18.2 Å². The molecule has 2 aliphatic heterocycles. The van der Waals surface area contributed by atoms with Crippen LogP contribution < -0.4 is 9.62 Å². The number of benzene rings is 3. The molecule has 5 nitrogen and oxygen atoms in total. The predicted octanol–water partition coefficient (Wildman–Crippen LogP) is 6.44. The molecule has 9 heteroatoms. The van der Waals surface area contributed by atoms with E-state index in [1.165, 1.54) is 29.6 Å². The number of alkyl halides is 3. The SMILES string of the molecule is O=C(c1ccc(NSc2cccc3c2N=CCC3)cc1)N1CCN(c2cccc(C(F)(F)F)c2)CC1. The summed E-state index contributed by atoms with van der Waals surface area (Å²) >= 11 is 1.50. The summed E-state index contributed by atoms with van der Waals surface area (Å²) in [7, 11) is 0. The molecule has 0 aromatic heterocycles. The molecule has 36 heavy (non-hydrogen) atoms. The molecular formula is C27H25F3N4OS. The third kappa shape index (κ3) is 5.36. The van der Waals surface area contributed by atoms with Crippen molar-refractivity contribution in [3.8, 4) is 0 Å². The van der Waals surface area contributed by atoms with Crippen LogP contribution >= 0.6 is 11.9 Å². The fourth-order valence-corrected chi connectivity index (χ4v) is 5.19. The van der Waals surface area contributed by atoms with Crippen LogP contribution in [-0.2, 0) is 12.6 Å². The van der Waals surface area contributed by atoms with Gasteiger partial charge in [-0.05, 0) is 78.9 Å². The van der Waals surface area contributed by atoms with E-state index >= 15 is 0 Å². The Bertz CT molecular complexity index is 1270. The van der Waals surface area contributed by atoms with Gasteiger partial charge in [0.1, 0.15) is 0 Å². The maximum absolute atomic E-state index is 13.0. The number of hydrogen-bond donors (Lipinski definition) is 1. The quantitative estimate of drug-likeness (QED) is 0.402. The zero-order chi connectivity index (χ0) is 25.1. The zero-order valence-corrected chi connectivity index (χ0v) is 20.3. The van der Waals surface area contributed by atoms with Crippen LogP contribution in [0.15, 0.2) is 76.6 Å². The van der Waals surface area contributed by atoms with E-state index in [0.29, 0.717) is 37.4 Å². The second-order valence-corrected chi connectivity index (χ2v) is 9.57. The van der Waals surface area contributed by atoms with Gasteiger partial charge in [0.2, 0.25) is 0 Å². The molecule has 0 saturated carbocycles. The Morgan fingerprint density at radius 1 is 0.944 bits per heavy atom. The van der Waals surface area contributed by atoms with Crippen LogP contribution in [0.1, 0.15) is 27.9 Å². The number of carbonyl (C=O) groups is 1. The van der Waals surface area contributed by atoms with Gasteiger partial charge in [0.15, 0.2) is 0 Å². The van der Waals surface area contributed by atoms with Crippen molar-refractivity contribution in [2.24, 2.45) is 4.99 Å². The summed E-state index contributed by atoms with van der Waals surface area (Å²) in [6.07, 6.45) is -0.462. The Balaban J connectivity index is 1.17. The number of anilines is 2. The number of para-hydroxylation sites is 1. The van der Waals surface area contributed by atoms with E-state index in [2.05, 4.69) is 15.8 Å². The van der Waals surface area contributed by atoms with Crippen LogP contribution in [0.4, 0.5) is 30.2 Å². The molecule has 5 rings (SSSR count). The van der Waals surface area contributed by atoms with E-state index in [1.807, 2.05) is 35.4 Å². The minimum absolute atomic E-state index is 0.0793. The molecule has 1 amide bonds. The van der Waals surface area contributed by atoms with Crippen LogP contribution in [0.3, 0.4) is 0 Å². The number of piperazine rings is 1. The van der Waals surface area contributed by atoms with Crippen molar-refractivity contribution in [1.82, 2.24) is 4.90 Å². The van der Waals surface area contributed by atoms with Crippen molar-refractivity contribution in [2.45, 2.75) is 23.9 Å². The van der Waals surface area contributed by atoms with E-state index in [-0.39, 0.29) is 5.91 Å². The Kier molecular flexibility index (Phi) is 6.91. The van der Waals surface area contributed by atoms with Crippen molar-refractivity contribution in [3.63, 3.8) is 0 Å². The normalized spacial score (nSPS) is 15.5. The highest BCUT2D eigenvalue weighted by atomic mass is 32.2. The second-order valence-electron chi connectivity index (χ2n) is 8.72. The molecule has 1 saturated heterocycles. The van der Waals surface area contributed by atoms with E-state index in [1.54, 1.807) is 23.1 Å². The molecule has 3 aromatic rings. The van der Waals surface area contributed by atoms with E-state index in [9.17, 15) is 18.0 Å². The van der Waals surface area contributed by atoms with Crippen molar-refractivity contribution in [3.05, 3.63) is 83.4 Å². The molecule has 2 aliphatic rings. The molecule has 1 fully saturated rings. The summed E-state index contributed by atoms with van der Waals surface area (Å²) in [5, 5.41) is 0. The van der Waals surface area contributed by atoms with Crippen molar-refractivity contribution in [1.29, 1.82) is 0 Å². The number of fused-ring (bicyclic) bond motifs is 1. The van der Waals surface area contributed by atoms with E-state index < -0.39 is 11.7 Å². The minimum Gasteiger partial charge on any atom is -0.368 e. The number of hydrogen-bond acceptors (Lipinski definition) is 5. The molecular weight excluding hydrogens is 485 g/mol. The molecule has 186 valence electrons. The van der Waals surface area contributed by atoms with Gasteiger partial charge in [-0.2, -0.15) is 13.2 Å². The molecule has 3 aromatic carbocycles. The molecule has 2 heterocycles. The number of halogens is 3. The lowest BCUT2D eigenvalue weighted by atomic mass is 10.1. The standard InChI is InChI=1S/C27H25F3N4OS/c28-27(29,30)21-6-2-7-23(18-21)33-14-16-34(17-15-33)26(35)20-9-11-22(12-10-20)32-36-24-8-1-4-19-5-3-13-31-25(19)24/h1-2,4,6-13,18,32H,3,5,14-17H2. The van der Waals surface area contributed by atoms with Gasteiger partial charge in [-0.15, -0.1) is 0 Å².